The van der Waals surface area contributed by atoms with E-state index in [4.69, 9.17) is 0 Å². The lowest BCUT2D eigenvalue weighted by Gasteiger charge is -2.00. The Labute approximate surface area is 118 Å². The second-order valence-corrected chi connectivity index (χ2v) is 7.23. The number of rotatable bonds is 2. The summed E-state index contributed by atoms with van der Waals surface area (Å²) in [6.45, 7) is 0. The highest BCUT2D eigenvalue weighted by molar-refractivity contribution is 8.00. The first-order chi connectivity index (χ1) is 8.81. The fourth-order valence-electron chi connectivity index (χ4n) is 2.33. The third kappa shape index (κ3) is 2.04. The second kappa shape index (κ2) is 5.15. The summed E-state index contributed by atoms with van der Waals surface area (Å²) in [5.41, 5.74) is 2.25. The zero-order valence-electron chi connectivity index (χ0n) is 10.1. The molecule has 0 saturated carbocycles. The highest BCUT2D eigenvalue weighted by Gasteiger charge is 2.26. The first-order valence-corrected chi connectivity index (χ1v) is 8.86. The van der Waals surface area contributed by atoms with Crippen LogP contribution in [0.25, 0.3) is 9.88 Å². The van der Waals surface area contributed by atoms with E-state index in [0.29, 0.717) is 12.2 Å². The van der Waals surface area contributed by atoms with Gasteiger partial charge in [-0.25, -0.2) is 4.98 Å². The zero-order valence-corrected chi connectivity index (χ0v) is 12.5. The van der Waals surface area contributed by atoms with E-state index in [1.807, 2.05) is 11.6 Å². The van der Waals surface area contributed by atoms with Gasteiger partial charge in [-0.1, -0.05) is 0 Å². The predicted molar refractivity (Wildman–Crippen MR) is 79.1 cm³/mol. The number of Topliss-reactive ketones (excluding diaryl/α,β-unsaturated/α-hetero) is 1. The lowest BCUT2D eigenvalue weighted by Crippen LogP contribution is -1.98. The fraction of sp³-hybridized carbons (Fsp3) is 0.385. The number of hydrogen-bond acceptors (Lipinski definition) is 5. The quantitative estimate of drug-likeness (QED) is 0.603. The molecule has 2 heterocycles. The molecule has 0 aromatic carbocycles. The van der Waals surface area contributed by atoms with Gasteiger partial charge in [0.25, 0.3) is 0 Å². The number of nitrogens with zero attached hydrogens (tertiary/aromatic N) is 1. The summed E-state index contributed by atoms with van der Waals surface area (Å²) >= 11 is 5.08. The Kier molecular flexibility index (Phi) is 3.54. The van der Waals surface area contributed by atoms with E-state index in [-0.39, 0.29) is 0 Å². The molecule has 0 unspecified atom stereocenters. The van der Waals surface area contributed by atoms with Gasteiger partial charge >= 0.3 is 0 Å². The first-order valence-electron chi connectivity index (χ1n) is 5.94. The minimum atomic E-state index is 0.325. The van der Waals surface area contributed by atoms with Crippen LogP contribution >= 0.6 is 34.4 Å². The van der Waals surface area contributed by atoms with E-state index in [1.54, 1.807) is 34.4 Å². The molecule has 2 aromatic heterocycles. The number of thiophene rings is 1. The number of thioether (sulfide) groups is 1. The van der Waals surface area contributed by atoms with Gasteiger partial charge in [0.15, 0.2) is 5.78 Å². The van der Waals surface area contributed by atoms with Crippen LogP contribution in [0.4, 0.5) is 0 Å². The van der Waals surface area contributed by atoms with Crippen LogP contribution < -0.4 is 0 Å². The maximum Gasteiger partial charge on any atom is 0.165 e. The highest BCUT2D eigenvalue weighted by atomic mass is 32.2. The van der Waals surface area contributed by atoms with Crippen molar-refractivity contribution >= 4 is 40.2 Å². The first kappa shape index (κ1) is 12.4. The molecule has 0 aliphatic heterocycles. The van der Waals surface area contributed by atoms with Crippen molar-refractivity contribution in [1.29, 1.82) is 0 Å². The average molecular weight is 295 g/mol. The normalized spacial score (nSPS) is 15.5. The number of fused-ring (bicyclic) bond motifs is 1. The van der Waals surface area contributed by atoms with Gasteiger partial charge in [0.05, 0.1) is 9.09 Å². The monoisotopic (exact) mass is 295 g/mol. The minimum Gasteiger partial charge on any atom is -0.294 e. The Morgan fingerprint density at radius 1 is 1.33 bits per heavy atom. The fourth-order valence-corrected chi connectivity index (χ4v) is 5.22. The van der Waals surface area contributed by atoms with Crippen LogP contribution in [0.3, 0.4) is 0 Å². The van der Waals surface area contributed by atoms with Crippen LogP contribution in [0.15, 0.2) is 15.8 Å². The smallest absolute Gasteiger partial charge is 0.165 e. The van der Waals surface area contributed by atoms with Gasteiger partial charge in [0.1, 0.15) is 5.01 Å². The lowest BCUT2D eigenvalue weighted by atomic mass is 10.1. The van der Waals surface area contributed by atoms with Gasteiger partial charge in [0, 0.05) is 23.6 Å². The van der Waals surface area contributed by atoms with Crippen molar-refractivity contribution in [2.24, 2.45) is 0 Å². The third-order valence-corrected chi connectivity index (χ3v) is 6.42. The largest absolute Gasteiger partial charge is 0.294 e. The molecule has 0 N–H and O–H groups in total. The topological polar surface area (TPSA) is 30.0 Å². The number of ketones is 1. The van der Waals surface area contributed by atoms with Gasteiger partial charge in [-0.2, -0.15) is 0 Å². The van der Waals surface area contributed by atoms with Gasteiger partial charge in [0.2, 0.25) is 0 Å². The number of carbonyl (C=O) groups is 1. The standard InChI is InChI=1S/C13H13NOS3/c1-16-13-10-8(4-2-3-5-9(10)15)11(18-13)12-14-6-7-17-12/h6-7H,2-5H2,1H3. The third-order valence-electron chi connectivity index (χ3n) is 3.15. The van der Waals surface area contributed by atoms with E-state index >= 15 is 0 Å². The molecule has 0 radical (unpaired) electrons. The molecule has 0 saturated heterocycles. The second-order valence-electron chi connectivity index (χ2n) is 4.24. The highest BCUT2D eigenvalue weighted by Crippen LogP contribution is 2.44. The van der Waals surface area contributed by atoms with Crippen LogP contribution in [0.5, 0.6) is 0 Å². The maximum absolute atomic E-state index is 12.2. The molecule has 0 atom stereocenters. The van der Waals surface area contributed by atoms with E-state index < -0.39 is 0 Å². The Bertz CT molecular complexity index is 571. The van der Waals surface area contributed by atoms with Crippen LogP contribution in [-0.2, 0) is 6.42 Å². The zero-order chi connectivity index (χ0) is 12.5. The number of carbonyl (C=O) groups excluding carboxylic acids is 1. The minimum absolute atomic E-state index is 0.325. The molecule has 0 spiro atoms. The summed E-state index contributed by atoms with van der Waals surface area (Å²) in [7, 11) is 0. The molecule has 0 amide bonds. The molecule has 94 valence electrons. The summed E-state index contributed by atoms with van der Waals surface area (Å²) < 4.78 is 1.17. The van der Waals surface area contributed by atoms with Crippen LogP contribution in [0.2, 0.25) is 0 Å². The van der Waals surface area contributed by atoms with Crippen molar-refractivity contribution in [2.75, 3.05) is 6.26 Å². The van der Waals surface area contributed by atoms with Gasteiger partial charge < -0.3 is 0 Å². The summed E-state index contributed by atoms with van der Waals surface area (Å²) in [6, 6.07) is 0. The molecule has 1 aliphatic rings. The molecular formula is C13H13NOS3. The van der Waals surface area contributed by atoms with Gasteiger partial charge in [-0.15, -0.1) is 34.4 Å². The number of aromatic nitrogens is 1. The summed E-state index contributed by atoms with van der Waals surface area (Å²) in [5, 5.41) is 3.06. The van der Waals surface area contributed by atoms with Crippen molar-refractivity contribution < 1.29 is 4.79 Å². The van der Waals surface area contributed by atoms with Crippen LogP contribution in [0.1, 0.15) is 35.2 Å². The SMILES string of the molecule is CSc1sc(-c2nccs2)c2c1C(=O)CCCC2. The molecule has 2 nitrogen and oxygen atoms in total. The molecule has 2 aromatic rings. The van der Waals surface area contributed by atoms with E-state index in [1.165, 1.54) is 14.6 Å². The molecule has 5 heteroatoms. The average Bonchev–Trinajstić information content (AvgIpc) is 2.97. The molecule has 18 heavy (non-hydrogen) atoms. The number of thiazole rings is 1. The predicted octanol–water partition coefficient (Wildman–Crippen LogP) is 4.50. The van der Waals surface area contributed by atoms with Crippen molar-refractivity contribution in [2.45, 2.75) is 29.9 Å². The lowest BCUT2D eigenvalue weighted by molar-refractivity contribution is 0.0980. The Hall–Kier alpha value is -0.650. The van der Waals surface area contributed by atoms with E-state index in [2.05, 4.69) is 11.2 Å². The molecule has 3 rings (SSSR count). The van der Waals surface area contributed by atoms with Crippen LogP contribution in [-0.4, -0.2) is 17.0 Å². The number of hydrogen-bond donors (Lipinski definition) is 0. The van der Waals surface area contributed by atoms with Gasteiger partial charge in [-0.05, 0) is 31.1 Å². The summed E-state index contributed by atoms with van der Waals surface area (Å²) in [5.74, 6) is 0.325. The van der Waals surface area contributed by atoms with Gasteiger partial charge in [-0.3, -0.25) is 4.79 Å². The molecule has 0 fully saturated rings. The molecule has 1 aliphatic carbocycles. The van der Waals surface area contributed by atoms with E-state index in [0.717, 1.165) is 29.8 Å². The van der Waals surface area contributed by atoms with Crippen molar-refractivity contribution in [3.05, 3.63) is 22.7 Å². The Balaban J connectivity index is 2.20. The van der Waals surface area contributed by atoms with Crippen molar-refractivity contribution in [3.63, 3.8) is 0 Å². The van der Waals surface area contributed by atoms with E-state index in [9.17, 15) is 4.79 Å². The Morgan fingerprint density at radius 3 is 2.89 bits per heavy atom. The van der Waals surface area contributed by atoms with Crippen molar-refractivity contribution in [3.8, 4) is 9.88 Å². The molecule has 0 bridgehead atoms. The van der Waals surface area contributed by atoms with Crippen molar-refractivity contribution in [1.82, 2.24) is 4.98 Å². The van der Waals surface area contributed by atoms with Crippen LogP contribution in [0, 0.1) is 0 Å². The summed E-state index contributed by atoms with van der Waals surface area (Å²) in [4.78, 5) is 17.9. The summed E-state index contributed by atoms with van der Waals surface area (Å²) in [6.07, 6.45) is 7.74. The maximum atomic E-state index is 12.2. The Morgan fingerprint density at radius 2 is 2.17 bits per heavy atom. The molecular weight excluding hydrogens is 282 g/mol.